The Bertz CT molecular complexity index is 948. The Balaban J connectivity index is 2.33. The highest BCUT2D eigenvalue weighted by molar-refractivity contribution is 5.92. The molecule has 1 N–H and O–H groups in total. The van der Waals surface area contributed by atoms with Crippen LogP contribution in [0, 0.1) is 11.3 Å². The fraction of sp³-hybridized carbons (Fsp3) is 0.607. The van der Waals surface area contributed by atoms with Gasteiger partial charge in [-0.2, -0.15) is 0 Å². The van der Waals surface area contributed by atoms with Gasteiger partial charge in [-0.1, -0.05) is 65.0 Å². The standard InChI is InChI=1S/C28H43N3O4/c1-10-35-27(34)19(4)17-22(18(2)3)31(9)26(33)24(28(5,6)7)29-25(32)23-21-14-12-11-13-20(21)15-16-30(23)8/h11-14,17-18,22-24H,10,15-16H2,1-9H3,(H,29,32)/b19-17+/t22-,23?,24-/m1/s1. The number of amides is 2. The van der Waals surface area contributed by atoms with Crippen molar-refractivity contribution in [2.45, 2.75) is 73.0 Å². The first kappa shape index (κ1) is 28.6. The number of rotatable bonds is 8. The number of ether oxygens (including phenoxy) is 1. The van der Waals surface area contributed by atoms with Crippen LogP contribution in [-0.2, 0) is 25.5 Å². The molecule has 1 aromatic carbocycles. The molecule has 1 heterocycles. The number of carbonyl (C=O) groups is 3. The summed E-state index contributed by atoms with van der Waals surface area (Å²) in [5.74, 6) is -0.704. The molecule has 2 rings (SSSR count). The van der Waals surface area contributed by atoms with Gasteiger partial charge in [-0.15, -0.1) is 0 Å². The molecule has 3 atom stereocenters. The second kappa shape index (κ2) is 11.8. The van der Waals surface area contributed by atoms with Gasteiger partial charge in [0.2, 0.25) is 11.8 Å². The molecular formula is C28H43N3O4. The highest BCUT2D eigenvalue weighted by Gasteiger charge is 2.40. The Morgan fingerprint density at radius 1 is 1.23 bits per heavy atom. The zero-order chi connectivity index (χ0) is 26.5. The zero-order valence-corrected chi connectivity index (χ0v) is 22.8. The fourth-order valence-electron chi connectivity index (χ4n) is 4.57. The van der Waals surface area contributed by atoms with E-state index in [1.54, 1.807) is 31.9 Å². The van der Waals surface area contributed by atoms with Crippen molar-refractivity contribution >= 4 is 17.8 Å². The first-order valence-electron chi connectivity index (χ1n) is 12.5. The number of benzene rings is 1. The number of hydrogen-bond acceptors (Lipinski definition) is 5. The van der Waals surface area contributed by atoms with Crippen LogP contribution in [0.4, 0.5) is 0 Å². The van der Waals surface area contributed by atoms with Gasteiger partial charge in [0.15, 0.2) is 0 Å². The third-order valence-corrected chi connectivity index (χ3v) is 6.67. The summed E-state index contributed by atoms with van der Waals surface area (Å²) >= 11 is 0. The summed E-state index contributed by atoms with van der Waals surface area (Å²) in [6.45, 7) is 14.4. The van der Waals surface area contributed by atoms with Crippen molar-refractivity contribution in [2.24, 2.45) is 11.3 Å². The first-order valence-corrected chi connectivity index (χ1v) is 12.5. The molecule has 0 fully saturated rings. The van der Waals surface area contributed by atoms with Crippen molar-refractivity contribution in [3.05, 3.63) is 47.0 Å². The van der Waals surface area contributed by atoms with E-state index < -0.39 is 23.5 Å². The lowest BCUT2D eigenvalue weighted by Gasteiger charge is -2.39. The first-order chi connectivity index (χ1) is 16.3. The van der Waals surface area contributed by atoms with Crippen LogP contribution in [0.1, 0.15) is 65.6 Å². The normalized spacial score (nSPS) is 18.5. The topological polar surface area (TPSA) is 79.0 Å². The molecule has 1 aromatic rings. The number of esters is 1. The predicted octanol–water partition coefficient (Wildman–Crippen LogP) is 3.74. The molecule has 1 aliphatic heterocycles. The van der Waals surface area contributed by atoms with E-state index in [2.05, 4.69) is 11.4 Å². The number of hydrogen-bond donors (Lipinski definition) is 1. The van der Waals surface area contributed by atoms with Crippen molar-refractivity contribution in [1.29, 1.82) is 0 Å². The molecule has 7 nitrogen and oxygen atoms in total. The fourth-order valence-corrected chi connectivity index (χ4v) is 4.57. The monoisotopic (exact) mass is 485 g/mol. The number of nitrogens with one attached hydrogen (secondary N) is 1. The maximum atomic E-state index is 13.8. The molecule has 0 aliphatic carbocycles. The smallest absolute Gasteiger partial charge is 0.333 e. The molecule has 0 bridgehead atoms. The summed E-state index contributed by atoms with van der Waals surface area (Å²) in [7, 11) is 3.67. The van der Waals surface area contributed by atoms with Gasteiger partial charge >= 0.3 is 5.97 Å². The largest absolute Gasteiger partial charge is 0.463 e. The Kier molecular flexibility index (Phi) is 9.67. The van der Waals surface area contributed by atoms with Crippen LogP contribution in [-0.4, -0.2) is 66.9 Å². The van der Waals surface area contributed by atoms with Crippen LogP contribution in [0.15, 0.2) is 35.9 Å². The van der Waals surface area contributed by atoms with E-state index in [4.69, 9.17) is 4.74 Å². The molecule has 194 valence electrons. The summed E-state index contributed by atoms with van der Waals surface area (Å²) in [4.78, 5) is 43.3. The number of carbonyl (C=O) groups excluding carboxylic acids is 3. The van der Waals surface area contributed by atoms with Crippen LogP contribution in [0.5, 0.6) is 0 Å². The molecule has 0 saturated heterocycles. The lowest BCUT2D eigenvalue weighted by Crippen LogP contribution is -2.58. The highest BCUT2D eigenvalue weighted by Crippen LogP contribution is 2.30. The maximum absolute atomic E-state index is 13.8. The second-order valence-corrected chi connectivity index (χ2v) is 10.9. The van der Waals surface area contributed by atoms with Crippen LogP contribution < -0.4 is 5.32 Å². The average Bonchev–Trinajstić information content (AvgIpc) is 2.78. The van der Waals surface area contributed by atoms with E-state index in [9.17, 15) is 14.4 Å². The van der Waals surface area contributed by atoms with Crippen LogP contribution >= 0.6 is 0 Å². The SMILES string of the molecule is CCOC(=O)/C(C)=C/[C@H](C(C)C)N(C)C(=O)[C@@H](NC(=O)C1c2ccccc2CCN1C)C(C)(C)C. The molecule has 0 aromatic heterocycles. The Morgan fingerprint density at radius 2 is 1.86 bits per heavy atom. The van der Waals surface area contributed by atoms with Gasteiger partial charge in [-0.25, -0.2) is 4.79 Å². The second-order valence-electron chi connectivity index (χ2n) is 10.9. The molecule has 0 spiro atoms. The summed E-state index contributed by atoms with van der Waals surface area (Å²) in [5.41, 5.74) is 2.10. The summed E-state index contributed by atoms with van der Waals surface area (Å²) in [5, 5.41) is 3.08. The third kappa shape index (κ3) is 6.94. The molecular weight excluding hydrogens is 442 g/mol. The predicted molar refractivity (Wildman–Crippen MR) is 139 cm³/mol. The summed E-state index contributed by atoms with van der Waals surface area (Å²) < 4.78 is 5.11. The molecule has 0 saturated carbocycles. The maximum Gasteiger partial charge on any atom is 0.333 e. The van der Waals surface area contributed by atoms with E-state index in [-0.39, 0.29) is 23.8 Å². The summed E-state index contributed by atoms with van der Waals surface area (Å²) in [6, 6.07) is 6.49. The van der Waals surface area contributed by atoms with E-state index >= 15 is 0 Å². The van der Waals surface area contributed by atoms with Gasteiger partial charge in [0.25, 0.3) is 0 Å². The van der Waals surface area contributed by atoms with Crippen molar-refractivity contribution in [2.75, 3.05) is 27.2 Å². The van der Waals surface area contributed by atoms with Crippen molar-refractivity contribution < 1.29 is 19.1 Å². The molecule has 1 aliphatic rings. The van der Waals surface area contributed by atoms with Crippen LogP contribution in [0.25, 0.3) is 0 Å². The molecule has 1 unspecified atom stereocenters. The van der Waals surface area contributed by atoms with Gasteiger partial charge < -0.3 is 15.0 Å². The molecule has 7 heteroatoms. The number of nitrogens with zero attached hydrogens (tertiary/aromatic N) is 2. The lowest BCUT2D eigenvalue weighted by molar-refractivity contribution is -0.141. The van der Waals surface area contributed by atoms with Gasteiger partial charge in [0, 0.05) is 19.2 Å². The van der Waals surface area contributed by atoms with Gasteiger partial charge in [-0.05, 0) is 49.8 Å². The van der Waals surface area contributed by atoms with E-state index in [0.29, 0.717) is 12.2 Å². The number of fused-ring (bicyclic) bond motifs is 1. The van der Waals surface area contributed by atoms with Crippen LogP contribution in [0.2, 0.25) is 0 Å². The van der Waals surface area contributed by atoms with Crippen LogP contribution in [0.3, 0.4) is 0 Å². The Hall–Kier alpha value is -2.67. The van der Waals surface area contributed by atoms with Crippen molar-refractivity contribution in [3.63, 3.8) is 0 Å². The van der Waals surface area contributed by atoms with E-state index in [1.807, 2.05) is 64.8 Å². The minimum Gasteiger partial charge on any atom is -0.463 e. The zero-order valence-electron chi connectivity index (χ0n) is 22.8. The van der Waals surface area contributed by atoms with E-state index in [0.717, 1.165) is 18.5 Å². The number of likely N-dealkylation sites (N-methyl/N-ethyl adjacent to an activating group) is 2. The highest BCUT2D eigenvalue weighted by atomic mass is 16.5. The minimum absolute atomic E-state index is 0.0565. The minimum atomic E-state index is -0.736. The van der Waals surface area contributed by atoms with Crippen molar-refractivity contribution in [1.82, 2.24) is 15.1 Å². The average molecular weight is 486 g/mol. The third-order valence-electron chi connectivity index (χ3n) is 6.67. The lowest BCUT2D eigenvalue weighted by atomic mass is 9.84. The van der Waals surface area contributed by atoms with Crippen molar-refractivity contribution in [3.8, 4) is 0 Å². The van der Waals surface area contributed by atoms with Gasteiger partial charge in [0.05, 0.1) is 12.6 Å². The van der Waals surface area contributed by atoms with Gasteiger partial charge in [-0.3, -0.25) is 14.5 Å². The van der Waals surface area contributed by atoms with E-state index in [1.165, 1.54) is 5.56 Å². The Labute approximate surface area is 210 Å². The quantitative estimate of drug-likeness (QED) is 0.448. The summed E-state index contributed by atoms with van der Waals surface area (Å²) in [6.07, 6.45) is 2.68. The molecule has 2 amide bonds. The Morgan fingerprint density at radius 3 is 2.43 bits per heavy atom. The molecule has 35 heavy (non-hydrogen) atoms. The van der Waals surface area contributed by atoms with Gasteiger partial charge in [0.1, 0.15) is 12.1 Å². The molecule has 0 radical (unpaired) electrons.